The highest BCUT2D eigenvalue weighted by Crippen LogP contribution is 2.00. The molecule has 5 heteroatoms. The fraction of sp³-hybridized carbons (Fsp3) is 0.800. The number of rotatable bonds is 7. The Bertz CT molecular complexity index is 227. The zero-order valence-electron chi connectivity index (χ0n) is 9.59. The molecule has 0 radical (unpaired) electrons. The molecule has 3 N–H and O–H groups in total. The summed E-state index contributed by atoms with van der Waals surface area (Å²) in [5, 5.41) is 14.0. The number of amides is 1. The summed E-state index contributed by atoms with van der Waals surface area (Å²) in [4.78, 5) is 21.7. The number of carbonyl (C=O) groups excluding carboxylic acids is 1. The van der Waals surface area contributed by atoms with Gasteiger partial charge in [-0.2, -0.15) is 0 Å². The van der Waals surface area contributed by atoms with Gasteiger partial charge in [0.25, 0.3) is 0 Å². The van der Waals surface area contributed by atoms with Crippen molar-refractivity contribution >= 4 is 11.9 Å². The van der Waals surface area contributed by atoms with Gasteiger partial charge in [-0.05, 0) is 33.7 Å². The van der Waals surface area contributed by atoms with E-state index in [0.717, 1.165) is 0 Å². The van der Waals surface area contributed by atoms with Crippen LogP contribution in [0.3, 0.4) is 0 Å². The Morgan fingerprint density at radius 3 is 2.33 bits per heavy atom. The Kier molecular flexibility index (Phi) is 5.93. The van der Waals surface area contributed by atoms with E-state index in [9.17, 15) is 9.59 Å². The van der Waals surface area contributed by atoms with Crippen molar-refractivity contribution in [1.29, 1.82) is 0 Å². The topological polar surface area (TPSA) is 78.4 Å². The molecule has 0 bridgehead atoms. The maximum Gasteiger partial charge on any atom is 0.303 e. The normalized spacial score (nSPS) is 11.1. The molecular formula is C10H20N2O3. The largest absolute Gasteiger partial charge is 0.481 e. The van der Waals surface area contributed by atoms with Crippen molar-refractivity contribution in [3.63, 3.8) is 0 Å². The van der Waals surface area contributed by atoms with Crippen LogP contribution in [0.4, 0.5) is 0 Å². The lowest BCUT2D eigenvalue weighted by Gasteiger charge is -2.22. The SMILES string of the molecule is CNC(C)(C)C(=O)NCCCCC(=O)O. The number of carbonyl (C=O) groups is 2. The number of aliphatic carboxylic acids is 1. The first-order valence-electron chi connectivity index (χ1n) is 5.09. The van der Waals surface area contributed by atoms with E-state index in [4.69, 9.17) is 5.11 Å². The second-order valence-electron chi connectivity index (χ2n) is 3.98. The smallest absolute Gasteiger partial charge is 0.303 e. The summed E-state index contributed by atoms with van der Waals surface area (Å²) in [6, 6.07) is 0. The Labute approximate surface area is 90.2 Å². The molecule has 88 valence electrons. The molecule has 0 heterocycles. The van der Waals surface area contributed by atoms with Gasteiger partial charge in [-0.3, -0.25) is 9.59 Å². The first-order valence-corrected chi connectivity index (χ1v) is 5.09. The molecule has 0 spiro atoms. The summed E-state index contributed by atoms with van der Waals surface area (Å²) >= 11 is 0. The fourth-order valence-electron chi connectivity index (χ4n) is 0.938. The number of hydrogen-bond acceptors (Lipinski definition) is 3. The van der Waals surface area contributed by atoms with Crippen molar-refractivity contribution in [3.05, 3.63) is 0 Å². The van der Waals surface area contributed by atoms with E-state index in [1.54, 1.807) is 20.9 Å². The van der Waals surface area contributed by atoms with Gasteiger partial charge in [-0.15, -0.1) is 0 Å². The highest BCUT2D eigenvalue weighted by molar-refractivity contribution is 5.85. The highest BCUT2D eigenvalue weighted by Gasteiger charge is 2.24. The standard InChI is InChI=1S/C10H20N2O3/c1-10(2,11-3)9(15)12-7-5-4-6-8(13)14/h11H,4-7H2,1-3H3,(H,12,15)(H,13,14). The van der Waals surface area contributed by atoms with Crippen LogP contribution in [0.5, 0.6) is 0 Å². The van der Waals surface area contributed by atoms with Crippen molar-refractivity contribution in [2.24, 2.45) is 0 Å². The van der Waals surface area contributed by atoms with Crippen LogP contribution >= 0.6 is 0 Å². The fourth-order valence-corrected chi connectivity index (χ4v) is 0.938. The maximum absolute atomic E-state index is 11.5. The molecule has 0 atom stereocenters. The van der Waals surface area contributed by atoms with Gasteiger partial charge in [-0.1, -0.05) is 0 Å². The average molecular weight is 216 g/mol. The Morgan fingerprint density at radius 2 is 1.87 bits per heavy atom. The maximum atomic E-state index is 11.5. The lowest BCUT2D eigenvalue weighted by molar-refractivity contribution is -0.137. The van der Waals surface area contributed by atoms with Crippen LogP contribution in [-0.4, -0.2) is 36.1 Å². The number of hydrogen-bond donors (Lipinski definition) is 3. The van der Waals surface area contributed by atoms with Gasteiger partial charge >= 0.3 is 5.97 Å². The second kappa shape index (κ2) is 6.40. The van der Waals surface area contributed by atoms with Gasteiger partial charge in [0.15, 0.2) is 0 Å². The highest BCUT2D eigenvalue weighted by atomic mass is 16.4. The minimum atomic E-state index is -0.795. The molecule has 0 fully saturated rings. The minimum absolute atomic E-state index is 0.0691. The van der Waals surface area contributed by atoms with Crippen LogP contribution in [0.1, 0.15) is 33.1 Å². The average Bonchev–Trinajstić information content (AvgIpc) is 2.16. The Hall–Kier alpha value is -1.10. The molecule has 0 aliphatic rings. The zero-order chi connectivity index (χ0) is 11.9. The van der Waals surface area contributed by atoms with Crippen molar-refractivity contribution in [1.82, 2.24) is 10.6 Å². The van der Waals surface area contributed by atoms with Gasteiger partial charge < -0.3 is 15.7 Å². The summed E-state index contributed by atoms with van der Waals surface area (Å²) in [7, 11) is 1.73. The van der Waals surface area contributed by atoms with E-state index in [-0.39, 0.29) is 12.3 Å². The molecule has 1 amide bonds. The predicted octanol–water partition coefficient (Wildman–Crippen LogP) is 0.355. The van der Waals surface area contributed by atoms with Gasteiger partial charge in [0.1, 0.15) is 0 Å². The van der Waals surface area contributed by atoms with E-state index >= 15 is 0 Å². The molecule has 0 aromatic carbocycles. The number of likely N-dealkylation sites (N-methyl/N-ethyl adjacent to an activating group) is 1. The molecule has 0 aromatic heterocycles. The van der Waals surface area contributed by atoms with Crippen LogP contribution in [-0.2, 0) is 9.59 Å². The minimum Gasteiger partial charge on any atom is -0.481 e. The molecule has 0 aliphatic carbocycles. The number of carboxylic acid groups (broad SMARTS) is 1. The molecule has 5 nitrogen and oxygen atoms in total. The summed E-state index contributed by atoms with van der Waals surface area (Å²) in [6.07, 6.45) is 1.44. The third kappa shape index (κ3) is 6.06. The van der Waals surface area contributed by atoms with Crippen LogP contribution in [0, 0.1) is 0 Å². The van der Waals surface area contributed by atoms with E-state index < -0.39 is 11.5 Å². The monoisotopic (exact) mass is 216 g/mol. The van der Waals surface area contributed by atoms with E-state index in [1.165, 1.54) is 0 Å². The van der Waals surface area contributed by atoms with Crippen LogP contribution in [0.15, 0.2) is 0 Å². The summed E-state index contributed by atoms with van der Waals surface area (Å²) in [5.41, 5.74) is -0.577. The summed E-state index contributed by atoms with van der Waals surface area (Å²) in [5.74, 6) is -0.864. The number of unbranched alkanes of at least 4 members (excludes halogenated alkanes) is 1. The lowest BCUT2D eigenvalue weighted by atomic mass is 10.1. The Balaban J connectivity index is 3.60. The van der Waals surface area contributed by atoms with Gasteiger partial charge in [0, 0.05) is 13.0 Å². The molecule has 15 heavy (non-hydrogen) atoms. The molecule has 0 aromatic rings. The lowest BCUT2D eigenvalue weighted by Crippen LogP contribution is -2.51. The van der Waals surface area contributed by atoms with E-state index in [2.05, 4.69) is 10.6 Å². The number of carboxylic acids is 1. The first-order chi connectivity index (χ1) is 6.90. The third-order valence-electron chi connectivity index (χ3n) is 2.30. The van der Waals surface area contributed by atoms with Gasteiger partial charge in [0.2, 0.25) is 5.91 Å². The van der Waals surface area contributed by atoms with Crippen molar-refractivity contribution in [2.45, 2.75) is 38.6 Å². The molecule has 0 unspecified atom stereocenters. The van der Waals surface area contributed by atoms with Gasteiger partial charge in [0.05, 0.1) is 5.54 Å². The van der Waals surface area contributed by atoms with Crippen molar-refractivity contribution in [3.8, 4) is 0 Å². The van der Waals surface area contributed by atoms with Crippen molar-refractivity contribution < 1.29 is 14.7 Å². The first kappa shape index (κ1) is 13.9. The molecule has 0 rings (SSSR count). The molecular weight excluding hydrogens is 196 g/mol. The van der Waals surface area contributed by atoms with E-state index in [1.807, 2.05) is 0 Å². The quantitative estimate of drug-likeness (QED) is 0.537. The van der Waals surface area contributed by atoms with Crippen molar-refractivity contribution in [2.75, 3.05) is 13.6 Å². The molecule has 0 saturated carbocycles. The predicted molar refractivity (Wildman–Crippen MR) is 57.6 cm³/mol. The molecule has 0 saturated heterocycles. The zero-order valence-corrected chi connectivity index (χ0v) is 9.59. The van der Waals surface area contributed by atoms with Crippen LogP contribution in [0.25, 0.3) is 0 Å². The molecule has 0 aliphatic heterocycles. The van der Waals surface area contributed by atoms with Crippen LogP contribution < -0.4 is 10.6 Å². The van der Waals surface area contributed by atoms with Crippen LogP contribution in [0.2, 0.25) is 0 Å². The third-order valence-corrected chi connectivity index (χ3v) is 2.30. The number of nitrogens with one attached hydrogen (secondary N) is 2. The summed E-state index contributed by atoms with van der Waals surface area (Å²) in [6.45, 7) is 4.11. The van der Waals surface area contributed by atoms with E-state index in [0.29, 0.717) is 19.4 Å². The Morgan fingerprint density at radius 1 is 1.27 bits per heavy atom. The summed E-state index contributed by atoms with van der Waals surface area (Å²) < 4.78 is 0. The second-order valence-corrected chi connectivity index (χ2v) is 3.98. The van der Waals surface area contributed by atoms with Gasteiger partial charge in [-0.25, -0.2) is 0 Å².